The van der Waals surface area contributed by atoms with Gasteiger partial charge in [0.2, 0.25) is 0 Å². The minimum Gasteiger partial charge on any atom is -0.465 e. The Morgan fingerprint density at radius 2 is 1.86 bits per heavy atom. The molecule has 1 aliphatic rings. The molecule has 0 saturated carbocycles. The molecule has 0 amide bonds. The number of para-hydroxylation sites is 2. The van der Waals surface area contributed by atoms with Crippen LogP contribution in [0.5, 0.6) is 0 Å². The van der Waals surface area contributed by atoms with E-state index in [4.69, 9.17) is 4.74 Å². The number of nitro benzene ring substituents is 1. The second kappa shape index (κ2) is 7.48. The van der Waals surface area contributed by atoms with E-state index >= 15 is 0 Å². The molecule has 0 aliphatic carbocycles. The van der Waals surface area contributed by atoms with Crippen molar-refractivity contribution in [2.45, 2.75) is 16.8 Å². The highest BCUT2D eigenvalue weighted by Crippen LogP contribution is 2.44. The van der Waals surface area contributed by atoms with Crippen molar-refractivity contribution in [1.29, 1.82) is 0 Å². The van der Waals surface area contributed by atoms with Gasteiger partial charge in [-0.3, -0.25) is 15.1 Å². The van der Waals surface area contributed by atoms with E-state index in [1.165, 1.54) is 24.9 Å². The Morgan fingerprint density at radius 1 is 1.14 bits per heavy atom. The molecule has 1 aliphatic heterocycles. The van der Waals surface area contributed by atoms with Gasteiger partial charge in [-0.25, -0.2) is 9.78 Å². The Bertz CT molecular complexity index is 1190. The Morgan fingerprint density at radius 3 is 2.62 bits per heavy atom. The number of carbonyl (C=O) groups is 1. The van der Waals surface area contributed by atoms with E-state index in [2.05, 4.69) is 9.98 Å². The average Bonchev–Trinajstić information content (AvgIpc) is 2.91. The van der Waals surface area contributed by atoms with Crippen LogP contribution in [0.15, 0.2) is 63.4 Å². The summed E-state index contributed by atoms with van der Waals surface area (Å²) in [6.45, 7) is 1.69. The Balaban J connectivity index is 2.09. The van der Waals surface area contributed by atoms with Gasteiger partial charge in [0.05, 0.1) is 34.5 Å². The highest BCUT2D eigenvalue weighted by molar-refractivity contribution is 7.99. The van der Waals surface area contributed by atoms with Crippen LogP contribution in [0, 0.1) is 17.0 Å². The molecule has 0 unspecified atom stereocenters. The van der Waals surface area contributed by atoms with Crippen molar-refractivity contribution in [2.75, 3.05) is 7.11 Å². The summed E-state index contributed by atoms with van der Waals surface area (Å²) in [6.07, 6.45) is 1.61. The zero-order valence-electron chi connectivity index (χ0n) is 15.6. The zero-order chi connectivity index (χ0) is 20.5. The van der Waals surface area contributed by atoms with Crippen LogP contribution in [0.3, 0.4) is 0 Å². The maximum atomic E-state index is 12.6. The number of hydrogen-bond donors (Lipinski definition) is 0. The molecule has 0 atom stereocenters. The number of aromatic nitrogens is 1. The van der Waals surface area contributed by atoms with Crippen LogP contribution in [0.2, 0.25) is 0 Å². The number of nitrogens with zero attached hydrogens (tertiary/aromatic N) is 3. The molecule has 3 aromatic rings. The van der Waals surface area contributed by atoms with E-state index in [-0.39, 0.29) is 11.3 Å². The summed E-state index contributed by atoms with van der Waals surface area (Å²) >= 11 is 1.41. The molecule has 0 bridgehead atoms. The number of esters is 1. The second-order valence-corrected chi connectivity index (χ2v) is 7.29. The number of aryl methyl sites for hydroxylation is 1. The first-order valence-corrected chi connectivity index (χ1v) is 9.50. The van der Waals surface area contributed by atoms with Gasteiger partial charge in [0.25, 0.3) is 5.69 Å². The number of rotatable bonds is 3. The molecule has 0 saturated heterocycles. The number of nitro groups is 1. The third-order valence-corrected chi connectivity index (χ3v) is 5.61. The fourth-order valence-electron chi connectivity index (χ4n) is 3.25. The van der Waals surface area contributed by atoms with Crippen molar-refractivity contribution in [3.05, 3.63) is 75.5 Å². The minimum atomic E-state index is -0.605. The Kier molecular flexibility index (Phi) is 4.85. The largest absolute Gasteiger partial charge is 0.465 e. The van der Waals surface area contributed by atoms with Gasteiger partial charge in [0, 0.05) is 28.3 Å². The number of aliphatic imine (C=N–C) groups is 1. The number of carbonyl (C=O) groups excluding carboxylic acids is 1. The molecule has 8 heteroatoms. The normalized spacial score (nSPS) is 11.9. The Hall–Kier alpha value is -3.52. The lowest BCUT2D eigenvalue weighted by atomic mass is 9.93. The predicted molar refractivity (Wildman–Crippen MR) is 110 cm³/mol. The maximum absolute atomic E-state index is 12.6. The van der Waals surface area contributed by atoms with Gasteiger partial charge in [-0.15, -0.1) is 0 Å². The quantitative estimate of drug-likeness (QED) is 0.271. The van der Waals surface area contributed by atoms with Gasteiger partial charge in [0.1, 0.15) is 5.03 Å². The molecule has 2 aromatic carbocycles. The molecular formula is C21H15N3O4S. The van der Waals surface area contributed by atoms with Crippen molar-refractivity contribution in [3.63, 3.8) is 0 Å². The monoisotopic (exact) mass is 405 g/mol. The van der Waals surface area contributed by atoms with Gasteiger partial charge >= 0.3 is 5.97 Å². The number of fused-ring (bicyclic) bond motifs is 2. The average molecular weight is 405 g/mol. The molecule has 144 valence electrons. The molecule has 29 heavy (non-hydrogen) atoms. The minimum absolute atomic E-state index is 0.106. The van der Waals surface area contributed by atoms with Gasteiger partial charge < -0.3 is 4.74 Å². The first-order chi connectivity index (χ1) is 14.0. The van der Waals surface area contributed by atoms with Crippen LogP contribution >= 0.6 is 11.8 Å². The molecule has 7 nitrogen and oxygen atoms in total. The SMILES string of the molecule is COC(=O)c1c(C)nc2c(c1-c1ccccc1[N+](=O)[O-])C=Nc1ccccc1S2. The molecule has 1 aromatic heterocycles. The summed E-state index contributed by atoms with van der Waals surface area (Å²) in [7, 11) is 1.27. The molecule has 2 heterocycles. The van der Waals surface area contributed by atoms with Crippen LogP contribution in [-0.2, 0) is 4.74 Å². The molecule has 0 spiro atoms. The van der Waals surface area contributed by atoms with Crippen molar-refractivity contribution >= 4 is 35.3 Å². The molecule has 0 N–H and O–H groups in total. The summed E-state index contributed by atoms with van der Waals surface area (Å²) in [5, 5.41) is 12.3. The van der Waals surface area contributed by atoms with E-state index in [1.54, 1.807) is 31.3 Å². The number of ether oxygens (including phenoxy) is 1. The van der Waals surface area contributed by atoms with Crippen LogP contribution in [0.1, 0.15) is 21.6 Å². The molecule has 4 rings (SSSR count). The van der Waals surface area contributed by atoms with Gasteiger partial charge in [0.15, 0.2) is 0 Å². The van der Waals surface area contributed by atoms with Crippen LogP contribution in [0.25, 0.3) is 11.1 Å². The van der Waals surface area contributed by atoms with E-state index in [0.717, 1.165) is 10.6 Å². The fourth-order valence-corrected chi connectivity index (χ4v) is 4.28. The summed E-state index contributed by atoms with van der Waals surface area (Å²) in [5.41, 5.74) is 2.55. The van der Waals surface area contributed by atoms with E-state index in [0.29, 0.717) is 27.4 Å². The lowest BCUT2D eigenvalue weighted by molar-refractivity contribution is -0.384. The lowest BCUT2D eigenvalue weighted by Crippen LogP contribution is -2.12. The fraction of sp³-hybridized carbons (Fsp3) is 0.0952. The van der Waals surface area contributed by atoms with Gasteiger partial charge in [-0.1, -0.05) is 36.0 Å². The molecule has 0 radical (unpaired) electrons. The third kappa shape index (κ3) is 3.27. The third-order valence-electron chi connectivity index (χ3n) is 4.55. The smallest absolute Gasteiger partial charge is 0.340 e. The molecular weight excluding hydrogens is 390 g/mol. The predicted octanol–water partition coefficient (Wildman–Crippen LogP) is 4.97. The van der Waals surface area contributed by atoms with Gasteiger partial charge in [-0.05, 0) is 25.1 Å². The first-order valence-electron chi connectivity index (χ1n) is 8.69. The summed E-state index contributed by atoms with van der Waals surface area (Å²) in [6, 6.07) is 13.9. The van der Waals surface area contributed by atoms with E-state index in [1.807, 2.05) is 24.3 Å². The summed E-state index contributed by atoms with van der Waals surface area (Å²) < 4.78 is 4.96. The summed E-state index contributed by atoms with van der Waals surface area (Å²) in [4.78, 5) is 33.9. The standard InChI is InChI=1S/C21H15N3O4S/c1-12-18(21(25)28-2)19(13-7-3-5-9-16(13)24(26)27)14-11-22-15-8-4-6-10-17(15)29-20(14)23-12/h3-11H,1-2H3. The number of pyridine rings is 1. The first kappa shape index (κ1) is 18.8. The van der Waals surface area contributed by atoms with E-state index in [9.17, 15) is 14.9 Å². The second-order valence-electron chi connectivity index (χ2n) is 6.26. The highest BCUT2D eigenvalue weighted by Gasteiger charge is 2.29. The van der Waals surface area contributed by atoms with Crippen molar-refractivity contribution in [2.24, 2.45) is 4.99 Å². The number of hydrogen-bond acceptors (Lipinski definition) is 7. The van der Waals surface area contributed by atoms with Gasteiger partial charge in [-0.2, -0.15) is 0 Å². The van der Waals surface area contributed by atoms with Crippen molar-refractivity contribution in [1.82, 2.24) is 4.98 Å². The Labute approximate surface area is 170 Å². The zero-order valence-corrected chi connectivity index (χ0v) is 16.4. The highest BCUT2D eigenvalue weighted by atomic mass is 32.2. The summed E-state index contributed by atoms with van der Waals surface area (Å²) in [5.74, 6) is -0.605. The topological polar surface area (TPSA) is 94.7 Å². The lowest BCUT2D eigenvalue weighted by Gasteiger charge is -2.16. The van der Waals surface area contributed by atoms with Crippen LogP contribution < -0.4 is 0 Å². The van der Waals surface area contributed by atoms with E-state index < -0.39 is 10.9 Å². The number of methoxy groups -OCH3 is 1. The van der Waals surface area contributed by atoms with Crippen molar-refractivity contribution < 1.29 is 14.5 Å². The number of benzene rings is 2. The van der Waals surface area contributed by atoms with Crippen LogP contribution in [-0.4, -0.2) is 29.2 Å². The van der Waals surface area contributed by atoms with Crippen molar-refractivity contribution in [3.8, 4) is 11.1 Å². The maximum Gasteiger partial charge on any atom is 0.340 e. The van der Waals surface area contributed by atoms with Crippen LogP contribution in [0.4, 0.5) is 11.4 Å². The molecule has 0 fully saturated rings.